The summed E-state index contributed by atoms with van der Waals surface area (Å²) in [5.41, 5.74) is -0.554. The zero-order valence-corrected chi connectivity index (χ0v) is 14.9. The molecule has 3 N–H and O–H groups in total. The van der Waals surface area contributed by atoms with Crippen molar-refractivity contribution in [2.45, 2.75) is 72.6 Å². The highest BCUT2D eigenvalue weighted by molar-refractivity contribution is 5.73. The third kappa shape index (κ3) is 9.60. The minimum Gasteiger partial charge on any atom is -0.480 e. The SMILES string of the molecule is CC(C)C[C@@H](CN[C@@H](C(=O)O)C(C)C)NC(=O)OC(C)(C)C. The van der Waals surface area contributed by atoms with Crippen LogP contribution in [0.4, 0.5) is 4.79 Å². The molecule has 0 aromatic rings. The standard InChI is InChI=1S/C16H32N2O4/c1-10(2)8-12(18-15(21)22-16(5,6)7)9-17-13(11(3)4)14(19)20/h10-13,17H,8-9H2,1-7H3,(H,18,21)(H,19,20)/t12-,13+/m0/s1. The van der Waals surface area contributed by atoms with Gasteiger partial charge in [0.2, 0.25) is 0 Å². The van der Waals surface area contributed by atoms with E-state index in [1.807, 2.05) is 34.6 Å². The molecule has 0 aliphatic rings. The van der Waals surface area contributed by atoms with Gasteiger partial charge in [0.15, 0.2) is 0 Å². The number of alkyl carbamates (subject to hydrolysis) is 1. The van der Waals surface area contributed by atoms with Crippen molar-refractivity contribution in [3.05, 3.63) is 0 Å². The van der Waals surface area contributed by atoms with Crippen LogP contribution in [0.25, 0.3) is 0 Å². The molecule has 0 saturated carbocycles. The normalized spacial score (nSPS) is 14.8. The first kappa shape index (κ1) is 20.7. The molecule has 130 valence electrons. The topological polar surface area (TPSA) is 87.7 Å². The zero-order chi connectivity index (χ0) is 17.5. The number of aliphatic carboxylic acids is 1. The molecule has 0 rings (SSSR count). The Morgan fingerprint density at radius 3 is 2.05 bits per heavy atom. The molecule has 6 nitrogen and oxygen atoms in total. The fourth-order valence-electron chi connectivity index (χ4n) is 2.11. The molecule has 0 unspecified atom stereocenters. The molecule has 0 aromatic carbocycles. The van der Waals surface area contributed by atoms with E-state index in [2.05, 4.69) is 24.5 Å². The highest BCUT2D eigenvalue weighted by atomic mass is 16.6. The summed E-state index contributed by atoms with van der Waals surface area (Å²) in [5, 5.41) is 15.0. The number of rotatable bonds is 8. The highest BCUT2D eigenvalue weighted by Crippen LogP contribution is 2.10. The molecule has 22 heavy (non-hydrogen) atoms. The Labute approximate surface area is 134 Å². The maximum Gasteiger partial charge on any atom is 0.407 e. The van der Waals surface area contributed by atoms with Gasteiger partial charge >= 0.3 is 12.1 Å². The Morgan fingerprint density at radius 1 is 1.14 bits per heavy atom. The quantitative estimate of drug-likeness (QED) is 0.641. The van der Waals surface area contributed by atoms with Gasteiger partial charge in [-0.15, -0.1) is 0 Å². The van der Waals surface area contributed by atoms with Crippen molar-refractivity contribution >= 4 is 12.1 Å². The first-order valence-corrected chi connectivity index (χ1v) is 7.88. The average molecular weight is 316 g/mol. The first-order chi connectivity index (χ1) is 9.92. The highest BCUT2D eigenvalue weighted by Gasteiger charge is 2.24. The van der Waals surface area contributed by atoms with Gasteiger partial charge in [0.25, 0.3) is 0 Å². The van der Waals surface area contributed by atoms with Crippen LogP contribution in [0.2, 0.25) is 0 Å². The van der Waals surface area contributed by atoms with Crippen molar-refractivity contribution in [3.8, 4) is 0 Å². The lowest BCUT2D eigenvalue weighted by molar-refractivity contribution is -0.140. The van der Waals surface area contributed by atoms with Crippen molar-refractivity contribution in [2.24, 2.45) is 11.8 Å². The van der Waals surface area contributed by atoms with Gasteiger partial charge in [0.05, 0.1) is 0 Å². The molecule has 0 aliphatic carbocycles. The summed E-state index contributed by atoms with van der Waals surface area (Å²) in [4.78, 5) is 23.1. The molecule has 1 amide bonds. The van der Waals surface area contributed by atoms with Crippen LogP contribution in [0, 0.1) is 11.8 Å². The molecule has 0 aromatic heterocycles. The van der Waals surface area contributed by atoms with E-state index in [4.69, 9.17) is 4.74 Å². The molecular weight excluding hydrogens is 284 g/mol. The van der Waals surface area contributed by atoms with Crippen molar-refractivity contribution in [2.75, 3.05) is 6.54 Å². The molecule has 0 heterocycles. The Morgan fingerprint density at radius 2 is 1.68 bits per heavy atom. The van der Waals surface area contributed by atoms with Gasteiger partial charge in [-0.2, -0.15) is 0 Å². The summed E-state index contributed by atoms with van der Waals surface area (Å²) in [5.74, 6) is -0.529. The predicted molar refractivity (Wildman–Crippen MR) is 86.9 cm³/mol. The van der Waals surface area contributed by atoms with Crippen LogP contribution in [-0.2, 0) is 9.53 Å². The molecule has 0 saturated heterocycles. The summed E-state index contributed by atoms with van der Waals surface area (Å²) >= 11 is 0. The van der Waals surface area contributed by atoms with Crippen LogP contribution in [0.3, 0.4) is 0 Å². The lowest BCUT2D eigenvalue weighted by atomic mass is 10.0. The maximum atomic E-state index is 11.9. The van der Waals surface area contributed by atoms with E-state index in [9.17, 15) is 14.7 Å². The number of hydrogen-bond donors (Lipinski definition) is 3. The Bertz CT molecular complexity index is 362. The van der Waals surface area contributed by atoms with Crippen molar-refractivity contribution < 1.29 is 19.4 Å². The summed E-state index contributed by atoms with van der Waals surface area (Å²) in [6, 6.07) is -0.800. The molecule has 0 aliphatic heterocycles. The maximum absolute atomic E-state index is 11.9. The number of carbonyl (C=O) groups excluding carboxylic acids is 1. The van der Waals surface area contributed by atoms with E-state index in [0.29, 0.717) is 12.5 Å². The third-order valence-corrected chi connectivity index (χ3v) is 2.99. The van der Waals surface area contributed by atoms with Gasteiger partial charge in [-0.25, -0.2) is 4.79 Å². The second-order valence-corrected chi connectivity index (χ2v) is 7.44. The van der Waals surface area contributed by atoms with Crippen LogP contribution in [0.5, 0.6) is 0 Å². The second kappa shape index (κ2) is 8.98. The number of carboxylic acids is 1. The third-order valence-electron chi connectivity index (χ3n) is 2.99. The molecular formula is C16H32N2O4. The Balaban J connectivity index is 4.64. The number of ether oxygens (including phenoxy) is 1. The smallest absolute Gasteiger partial charge is 0.407 e. The van der Waals surface area contributed by atoms with Crippen LogP contribution in [0.1, 0.15) is 54.9 Å². The van der Waals surface area contributed by atoms with Gasteiger partial charge < -0.3 is 20.5 Å². The number of carbonyl (C=O) groups is 2. The van der Waals surface area contributed by atoms with Crippen molar-refractivity contribution in [1.29, 1.82) is 0 Å². The van der Waals surface area contributed by atoms with Crippen LogP contribution >= 0.6 is 0 Å². The summed E-state index contributed by atoms with van der Waals surface area (Å²) in [7, 11) is 0. The lowest BCUT2D eigenvalue weighted by Gasteiger charge is -2.26. The molecule has 0 spiro atoms. The van der Waals surface area contributed by atoms with Crippen molar-refractivity contribution in [3.63, 3.8) is 0 Å². The van der Waals surface area contributed by atoms with Crippen LogP contribution < -0.4 is 10.6 Å². The van der Waals surface area contributed by atoms with Crippen LogP contribution in [0.15, 0.2) is 0 Å². The molecule has 0 bridgehead atoms. The summed E-state index contributed by atoms with van der Waals surface area (Å²) < 4.78 is 5.26. The van der Waals surface area contributed by atoms with E-state index in [0.717, 1.165) is 6.42 Å². The van der Waals surface area contributed by atoms with Crippen molar-refractivity contribution in [1.82, 2.24) is 10.6 Å². The van der Waals surface area contributed by atoms with Gasteiger partial charge in [-0.1, -0.05) is 27.7 Å². The minimum absolute atomic E-state index is 0.0290. The Kier molecular flexibility index (Phi) is 8.45. The first-order valence-electron chi connectivity index (χ1n) is 7.88. The van der Waals surface area contributed by atoms with Crippen LogP contribution in [-0.4, -0.2) is 41.4 Å². The number of carboxylic acid groups (broad SMARTS) is 1. The lowest BCUT2D eigenvalue weighted by Crippen LogP contribution is -2.50. The number of nitrogens with one attached hydrogen (secondary N) is 2. The fourth-order valence-corrected chi connectivity index (χ4v) is 2.11. The molecule has 2 atom stereocenters. The van der Waals surface area contributed by atoms with E-state index < -0.39 is 23.7 Å². The van der Waals surface area contributed by atoms with Gasteiger partial charge in [0, 0.05) is 12.6 Å². The zero-order valence-electron chi connectivity index (χ0n) is 14.9. The van der Waals surface area contributed by atoms with E-state index in [1.54, 1.807) is 0 Å². The number of hydrogen-bond acceptors (Lipinski definition) is 4. The van der Waals surface area contributed by atoms with Gasteiger partial charge in [0.1, 0.15) is 11.6 Å². The largest absolute Gasteiger partial charge is 0.480 e. The minimum atomic E-state index is -0.879. The summed E-state index contributed by atoms with van der Waals surface area (Å²) in [6.45, 7) is 13.6. The summed E-state index contributed by atoms with van der Waals surface area (Å²) in [6.07, 6.45) is 0.271. The molecule has 0 fully saturated rings. The fraction of sp³-hybridized carbons (Fsp3) is 0.875. The van der Waals surface area contributed by atoms with E-state index in [-0.39, 0.29) is 12.0 Å². The van der Waals surface area contributed by atoms with Gasteiger partial charge in [-0.3, -0.25) is 4.79 Å². The number of amides is 1. The molecule has 0 radical (unpaired) electrons. The monoisotopic (exact) mass is 316 g/mol. The van der Waals surface area contributed by atoms with E-state index in [1.165, 1.54) is 0 Å². The molecule has 6 heteroatoms. The second-order valence-electron chi connectivity index (χ2n) is 7.44. The Hall–Kier alpha value is -1.30. The predicted octanol–water partition coefficient (Wildman–Crippen LogP) is 2.62. The average Bonchev–Trinajstić information content (AvgIpc) is 2.23. The van der Waals surface area contributed by atoms with E-state index >= 15 is 0 Å². The van der Waals surface area contributed by atoms with Gasteiger partial charge in [-0.05, 0) is 39.0 Å².